The number of rotatable bonds is 5. The van der Waals surface area contributed by atoms with Gasteiger partial charge in [-0.25, -0.2) is 8.42 Å². The number of piperazine rings is 1. The molecule has 33 heavy (non-hydrogen) atoms. The molecule has 10 heteroatoms. The van der Waals surface area contributed by atoms with E-state index in [1.54, 1.807) is 37.5 Å². The fourth-order valence-electron chi connectivity index (χ4n) is 4.60. The predicted octanol–water partition coefficient (Wildman–Crippen LogP) is 1.63. The van der Waals surface area contributed by atoms with E-state index in [0.717, 1.165) is 11.4 Å². The number of methoxy groups -OCH3 is 1. The Kier molecular flexibility index (Phi) is 6.69. The highest BCUT2D eigenvalue weighted by Crippen LogP contribution is 2.33. The van der Waals surface area contributed by atoms with Gasteiger partial charge in [-0.2, -0.15) is 4.31 Å². The molecule has 1 aromatic carbocycles. The number of sulfonamides is 1. The minimum atomic E-state index is -3.85. The van der Waals surface area contributed by atoms with Crippen molar-refractivity contribution < 1.29 is 22.7 Å². The van der Waals surface area contributed by atoms with E-state index >= 15 is 0 Å². The number of benzene rings is 1. The van der Waals surface area contributed by atoms with Crippen molar-refractivity contribution in [3.05, 3.63) is 41.2 Å². The summed E-state index contributed by atoms with van der Waals surface area (Å²) in [6.45, 7) is 7.16. The molecule has 2 fully saturated rings. The van der Waals surface area contributed by atoms with Gasteiger partial charge in [-0.1, -0.05) is 12.1 Å². The maximum atomic E-state index is 13.8. The van der Waals surface area contributed by atoms with Gasteiger partial charge in [0.1, 0.15) is 10.6 Å². The van der Waals surface area contributed by atoms with E-state index < -0.39 is 10.0 Å². The van der Waals surface area contributed by atoms with Crippen LogP contribution < -0.4 is 9.64 Å². The zero-order valence-electron chi connectivity index (χ0n) is 19.7. The second-order valence-corrected chi connectivity index (χ2v) is 10.3. The molecule has 180 valence electrons. The maximum Gasteiger partial charge on any atom is 0.257 e. The van der Waals surface area contributed by atoms with Crippen LogP contribution in [-0.4, -0.2) is 87.7 Å². The van der Waals surface area contributed by atoms with Gasteiger partial charge in [-0.05, 0) is 26.0 Å². The Morgan fingerprint density at radius 1 is 0.970 bits per heavy atom. The third-order valence-electron chi connectivity index (χ3n) is 6.70. The van der Waals surface area contributed by atoms with Crippen molar-refractivity contribution in [3.8, 4) is 5.75 Å². The fraction of sp³-hybridized carbons (Fsp3) is 0.522. The van der Waals surface area contributed by atoms with E-state index in [1.807, 2.05) is 24.3 Å². The molecule has 0 unspecified atom stereocenters. The molecule has 0 saturated carbocycles. The molecule has 3 heterocycles. The molecule has 0 atom stereocenters. The largest absolute Gasteiger partial charge is 0.495 e. The lowest BCUT2D eigenvalue weighted by Crippen LogP contribution is -2.49. The van der Waals surface area contributed by atoms with Crippen LogP contribution in [0.2, 0.25) is 0 Å². The lowest BCUT2D eigenvalue weighted by atomic mass is 10.2. The smallest absolute Gasteiger partial charge is 0.257 e. The quantitative estimate of drug-likeness (QED) is 0.652. The number of ether oxygens (including phenoxy) is 2. The Balaban J connectivity index is 1.62. The summed E-state index contributed by atoms with van der Waals surface area (Å²) < 4.78 is 41.8. The predicted molar refractivity (Wildman–Crippen MR) is 126 cm³/mol. The van der Waals surface area contributed by atoms with Crippen molar-refractivity contribution in [2.75, 3.05) is 64.5 Å². The van der Waals surface area contributed by atoms with E-state index in [4.69, 9.17) is 9.47 Å². The van der Waals surface area contributed by atoms with E-state index in [2.05, 4.69) is 4.90 Å². The first-order valence-corrected chi connectivity index (χ1v) is 12.6. The number of nitrogens with zero attached hydrogens (tertiary/aromatic N) is 4. The Labute approximate surface area is 195 Å². The summed E-state index contributed by atoms with van der Waals surface area (Å²) in [6.07, 6.45) is 0. The average molecular weight is 477 g/mol. The van der Waals surface area contributed by atoms with Gasteiger partial charge in [0.05, 0.1) is 31.6 Å². The van der Waals surface area contributed by atoms with Gasteiger partial charge in [-0.15, -0.1) is 0 Å². The van der Waals surface area contributed by atoms with Crippen LogP contribution in [-0.2, 0) is 21.8 Å². The minimum absolute atomic E-state index is 0.129. The van der Waals surface area contributed by atoms with Crippen molar-refractivity contribution in [2.45, 2.75) is 18.7 Å². The number of carbonyl (C=O) groups is 1. The minimum Gasteiger partial charge on any atom is -0.495 e. The van der Waals surface area contributed by atoms with Crippen molar-refractivity contribution in [3.63, 3.8) is 0 Å². The third-order valence-corrected chi connectivity index (χ3v) is 8.76. The maximum absolute atomic E-state index is 13.8. The first kappa shape index (κ1) is 23.6. The van der Waals surface area contributed by atoms with Crippen molar-refractivity contribution >= 4 is 21.6 Å². The van der Waals surface area contributed by atoms with Gasteiger partial charge in [0.2, 0.25) is 10.0 Å². The van der Waals surface area contributed by atoms with Crippen LogP contribution in [0.5, 0.6) is 5.75 Å². The number of anilines is 1. The fourth-order valence-corrected chi connectivity index (χ4v) is 6.50. The van der Waals surface area contributed by atoms with Crippen LogP contribution in [0, 0.1) is 13.8 Å². The molecule has 1 aromatic heterocycles. The highest BCUT2D eigenvalue weighted by atomic mass is 32.2. The Bertz CT molecular complexity index is 1130. The molecule has 0 N–H and O–H groups in total. The molecule has 9 nitrogen and oxygen atoms in total. The summed E-state index contributed by atoms with van der Waals surface area (Å²) in [5, 5.41) is 0. The number of amides is 1. The molecule has 1 amide bonds. The zero-order valence-corrected chi connectivity index (χ0v) is 20.5. The van der Waals surface area contributed by atoms with Crippen LogP contribution in [0.15, 0.2) is 29.2 Å². The molecule has 2 saturated heterocycles. The molecule has 0 aliphatic carbocycles. The first-order valence-electron chi connectivity index (χ1n) is 11.2. The van der Waals surface area contributed by atoms with E-state index in [-0.39, 0.29) is 16.4 Å². The van der Waals surface area contributed by atoms with Gasteiger partial charge in [0.15, 0.2) is 0 Å². The van der Waals surface area contributed by atoms with Crippen LogP contribution in [0.4, 0.5) is 5.69 Å². The third kappa shape index (κ3) is 4.22. The van der Waals surface area contributed by atoms with Gasteiger partial charge in [0, 0.05) is 57.7 Å². The van der Waals surface area contributed by atoms with E-state index in [0.29, 0.717) is 63.9 Å². The standard InChI is InChI=1S/C23H32N4O5S/c1-17-21(23(28)26-13-15-32-16-14-26)22(18(2)24(17)3)33(29,30)27-11-9-25(10-12-27)19-7-5-6-8-20(19)31-4/h5-8H,9-16H2,1-4H3. The van der Waals surface area contributed by atoms with Gasteiger partial charge >= 0.3 is 0 Å². The van der Waals surface area contributed by atoms with Crippen LogP contribution in [0.3, 0.4) is 0 Å². The molecule has 0 bridgehead atoms. The van der Waals surface area contributed by atoms with Gasteiger partial charge in [0.25, 0.3) is 5.91 Å². The highest BCUT2D eigenvalue weighted by Gasteiger charge is 2.38. The number of para-hydroxylation sites is 2. The summed E-state index contributed by atoms with van der Waals surface area (Å²) >= 11 is 0. The molecule has 0 spiro atoms. The summed E-state index contributed by atoms with van der Waals surface area (Å²) in [6, 6.07) is 7.74. The summed E-state index contributed by atoms with van der Waals surface area (Å²) in [5.74, 6) is 0.521. The number of hydrogen-bond donors (Lipinski definition) is 0. The Morgan fingerprint density at radius 3 is 2.24 bits per heavy atom. The lowest BCUT2D eigenvalue weighted by Gasteiger charge is -2.36. The number of carbonyl (C=O) groups excluding carboxylic acids is 1. The molecule has 2 aromatic rings. The summed E-state index contributed by atoms with van der Waals surface area (Å²) in [7, 11) is -0.417. The molecule has 0 radical (unpaired) electrons. The second kappa shape index (κ2) is 9.36. The van der Waals surface area contributed by atoms with E-state index in [9.17, 15) is 13.2 Å². The number of hydrogen-bond acceptors (Lipinski definition) is 6. The summed E-state index contributed by atoms with van der Waals surface area (Å²) in [4.78, 5) is 17.3. The van der Waals surface area contributed by atoms with Crippen LogP contribution >= 0.6 is 0 Å². The van der Waals surface area contributed by atoms with Crippen molar-refractivity contribution in [1.82, 2.24) is 13.8 Å². The molecular formula is C23H32N4O5S. The van der Waals surface area contributed by atoms with Gasteiger partial charge in [-0.3, -0.25) is 4.79 Å². The van der Waals surface area contributed by atoms with Crippen molar-refractivity contribution in [2.24, 2.45) is 7.05 Å². The number of aromatic nitrogens is 1. The molecule has 4 rings (SSSR count). The number of morpholine rings is 1. The highest BCUT2D eigenvalue weighted by molar-refractivity contribution is 7.89. The molecular weight excluding hydrogens is 444 g/mol. The molecule has 2 aliphatic heterocycles. The Hall–Kier alpha value is -2.56. The monoisotopic (exact) mass is 476 g/mol. The normalized spacial score (nSPS) is 17.9. The lowest BCUT2D eigenvalue weighted by molar-refractivity contribution is 0.0300. The first-order chi connectivity index (χ1) is 15.8. The summed E-state index contributed by atoms with van der Waals surface area (Å²) in [5.41, 5.74) is 2.47. The van der Waals surface area contributed by atoms with Crippen molar-refractivity contribution in [1.29, 1.82) is 0 Å². The van der Waals surface area contributed by atoms with Crippen LogP contribution in [0.25, 0.3) is 0 Å². The Morgan fingerprint density at radius 2 is 1.61 bits per heavy atom. The average Bonchev–Trinajstić information content (AvgIpc) is 3.08. The second-order valence-electron chi connectivity index (χ2n) is 8.40. The SMILES string of the molecule is COc1ccccc1N1CCN(S(=O)(=O)c2c(C(=O)N3CCOCC3)c(C)n(C)c2C)CC1. The topological polar surface area (TPSA) is 84.3 Å². The van der Waals surface area contributed by atoms with Gasteiger partial charge < -0.3 is 23.8 Å². The zero-order chi connectivity index (χ0) is 23.8. The molecule has 2 aliphatic rings. The van der Waals surface area contributed by atoms with E-state index in [1.165, 1.54) is 4.31 Å². The van der Waals surface area contributed by atoms with Crippen LogP contribution in [0.1, 0.15) is 21.7 Å².